The Bertz CT molecular complexity index is 1170. The van der Waals surface area contributed by atoms with Gasteiger partial charge in [-0.05, 0) is 25.0 Å². The molecule has 1 aliphatic rings. The van der Waals surface area contributed by atoms with E-state index in [1.807, 2.05) is 11.8 Å². The van der Waals surface area contributed by atoms with Gasteiger partial charge in [0, 0.05) is 50.5 Å². The van der Waals surface area contributed by atoms with Crippen LogP contribution in [0, 0.1) is 0 Å². The minimum atomic E-state index is -4.48. The Hall–Kier alpha value is -2.88. The number of rotatable bonds is 6. The lowest BCUT2D eigenvalue weighted by Crippen LogP contribution is -2.35. The molecule has 182 valence electrons. The van der Waals surface area contributed by atoms with Crippen LogP contribution in [-0.2, 0) is 17.4 Å². The average Bonchev–Trinajstić information content (AvgIpc) is 3.07. The van der Waals surface area contributed by atoms with Crippen LogP contribution >= 0.6 is 11.6 Å². The Balaban J connectivity index is 1.77. The van der Waals surface area contributed by atoms with Gasteiger partial charge in [0.1, 0.15) is 22.7 Å². The molecule has 0 spiro atoms. The van der Waals surface area contributed by atoms with Gasteiger partial charge >= 0.3 is 6.18 Å². The summed E-state index contributed by atoms with van der Waals surface area (Å²) in [6.07, 6.45) is -2.04. The van der Waals surface area contributed by atoms with Gasteiger partial charge in [0.25, 0.3) is 5.71 Å². The molecular weight excluding hydrogens is 471 g/mol. The lowest BCUT2D eigenvalue weighted by atomic mass is 10.1. The van der Waals surface area contributed by atoms with E-state index < -0.39 is 11.7 Å². The van der Waals surface area contributed by atoms with E-state index in [1.54, 1.807) is 11.0 Å². The summed E-state index contributed by atoms with van der Waals surface area (Å²) < 4.78 is 45.4. The molecule has 0 atom stereocenters. The molecule has 0 saturated carbocycles. The average molecular weight is 496 g/mol. The molecule has 7 nitrogen and oxygen atoms in total. The molecule has 3 aromatic rings. The maximum Gasteiger partial charge on any atom is 0.416 e. The van der Waals surface area contributed by atoms with Gasteiger partial charge < -0.3 is 14.3 Å². The van der Waals surface area contributed by atoms with Gasteiger partial charge in [-0.25, -0.2) is 4.98 Å². The first-order valence-electron chi connectivity index (χ1n) is 11.2. The molecule has 0 aliphatic carbocycles. The number of aryl methyl sites for hydroxylation is 1. The summed E-state index contributed by atoms with van der Waals surface area (Å²) >= 11 is 5.73. The fraction of sp³-hybridized carbons (Fsp3) is 0.478. The van der Waals surface area contributed by atoms with Crippen molar-refractivity contribution >= 4 is 34.4 Å². The number of carbonyl (C=O) groups is 1. The normalized spacial score (nSPS) is 15.1. The van der Waals surface area contributed by atoms with Crippen molar-refractivity contribution < 1.29 is 22.5 Å². The fourth-order valence-electron chi connectivity index (χ4n) is 4.10. The van der Waals surface area contributed by atoms with Gasteiger partial charge in [-0.1, -0.05) is 24.2 Å². The first kappa shape index (κ1) is 24.3. The van der Waals surface area contributed by atoms with Gasteiger partial charge in [0.15, 0.2) is 0 Å². The van der Waals surface area contributed by atoms with Crippen molar-refractivity contribution in [3.05, 3.63) is 35.7 Å². The second-order valence-corrected chi connectivity index (χ2v) is 8.54. The molecule has 0 radical (unpaired) electrons. The van der Waals surface area contributed by atoms with Gasteiger partial charge in [-0.3, -0.25) is 4.79 Å². The van der Waals surface area contributed by atoms with Gasteiger partial charge in [0.05, 0.1) is 5.56 Å². The summed E-state index contributed by atoms with van der Waals surface area (Å²) in [4.78, 5) is 25.4. The van der Waals surface area contributed by atoms with Crippen LogP contribution in [0.25, 0.3) is 22.4 Å². The first-order valence-corrected chi connectivity index (χ1v) is 11.8. The molecule has 0 unspecified atom stereocenters. The second-order valence-electron chi connectivity index (χ2n) is 8.16. The van der Waals surface area contributed by atoms with E-state index in [4.69, 9.17) is 21.1 Å². The van der Waals surface area contributed by atoms with Crippen LogP contribution in [0.15, 0.2) is 28.8 Å². The number of amides is 1. The number of benzene rings is 1. The molecular formula is C23H25ClF3N5O2. The molecule has 2 aromatic heterocycles. The van der Waals surface area contributed by atoms with E-state index in [0.717, 1.165) is 18.6 Å². The van der Waals surface area contributed by atoms with Crippen LogP contribution in [0.2, 0.25) is 0 Å². The lowest BCUT2D eigenvalue weighted by molar-refractivity contribution is -0.137. The molecule has 4 rings (SSSR count). The number of hydrogen-bond acceptors (Lipinski definition) is 6. The maximum atomic E-state index is 13.3. The van der Waals surface area contributed by atoms with E-state index in [-0.39, 0.29) is 35.2 Å². The van der Waals surface area contributed by atoms with Crippen LogP contribution in [0.4, 0.5) is 19.0 Å². The third-order valence-electron chi connectivity index (χ3n) is 5.76. The standard InChI is InChI=1S/C23H25ClF3N5O2/c1-2-5-17-28-21(32-11-4-10-31(12-13-32)18(33)8-9-24)19-20(30-34-22(19)29-17)15-6-3-7-16(14-15)23(25,26)27/h3,6-7,14H,2,4-5,8-13H2,1H3. The van der Waals surface area contributed by atoms with Crippen molar-refractivity contribution in [3.63, 3.8) is 0 Å². The summed E-state index contributed by atoms with van der Waals surface area (Å²) in [7, 11) is 0. The third-order valence-corrected chi connectivity index (χ3v) is 5.95. The molecule has 0 N–H and O–H groups in total. The summed E-state index contributed by atoms with van der Waals surface area (Å²) in [5, 5.41) is 4.56. The van der Waals surface area contributed by atoms with Crippen LogP contribution in [0.5, 0.6) is 0 Å². The quantitative estimate of drug-likeness (QED) is 0.452. The molecule has 1 aliphatic heterocycles. The summed E-state index contributed by atoms with van der Waals surface area (Å²) in [5.41, 5.74) is 0.00324. The highest BCUT2D eigenvalue weighted by Gasteiger charge is 2.31. The minimum Gasteiger partial charge on any atom is -0.354 e. The largest absolute Gasteiger partial charge is 0.416 e. The SMILES string of the molecule is CCCc1nc(N2CCCN(C(=O)CCCl)CC2)c2c(-c3cccc(C(F)(F)F)c3)noc2n1. The number of hydrogen-bond donors (Lipinski definition) is 0. The summed E-state index contributed by atoms with van der Waals surface area (Å²) in [6.45, 7) is 4.24. The van der Waals surface area contributed by atoms with Crippen molar-refractivity contribution in [3.8, 4) is 11.3 Å². The third kappa shape index (κ3) is 5.11. The second kappa shape index (κ2) is 10.2. The highest BCUT2D eigenvalue weighted by atomic mass is 35.5. The van der Waals surface area contributed by atoms with E-state index in [1.165, 1.54) is 6.07 Å². The van der Waals surface area contributed by atoms with Crippen molar-refractivity contribution in [2.45, 2.75) is 38.8 Å². The topological polar surface area (TPSA) is 75.4 Å². The molecule has 34 heavy (non-hydrogen) atoms. The first-order chi connectivity index (χ1) is 16.3. The molecule has 1 amide bonds. The van der Waals surface area contributed by atoms with E-state index in [2.05, 4.69) is 10.1 Å². The Morgan fingerprint density at radius 2 is 2.00 bits per heavy atom. The number of halogens is 4. The van der Waals surface area contributed by atoms with Gasteiger partial charge in [-0.2, -0.15) is 18.2 Å². The van der Waals surface area contributed by atoms with Crippen molar-refractivity contribution in [1.82, 2.24) is 20.0 Å². The monoisotopic (exact) mass is 495 g/mol. The smallest absolute Gasteiger partial charge is 0.354 e. The van der Waals surface area contributed by atoms with Crippen molar-refractivity contribution in [2.75, 3.05) is 37.0 Å². The molecule has 0 bridgehead atoms. The minimum absolute atomic E-state index is 0.00555. The van der Waals surface area contributed by atoms with Gasteiger partial charge in [0.2, 0.25) is 5.91 Å². The van der Waals surface area contributed by atoms with Crippen molar-refractivity contribution in [1.29, 1.82) is 0 Å². The predicted molar refractivity (Wildman–Crippen MR) is 123 cm³/mol. The number of alkyl halides is 4. The van der Waals surface area contributed by atoms with Gasteiger partial charge in [-0.15, -0.1) is 11.6 Å². The van der Waals surface area contributed by atoms with Crippen LogP contribution in [0.3, 0.4) is 0 Å². The predicted octanol–water partition coefficient (Wildman–Crippen LogP) is 4.92. The Labute approximate surface area is 199 Å². The lowest BCUT2D eigenvalue weighted by Gasteiger charge is -2.23. The Morgan fingerprint density at radius 3 is 2.74 bits per heavy atom. The van der Waals surface area contributed by atoms with Crippen LogP contribution in [-0.4, -0.2) is 58.0 Å². The fourth-order valence-corrected chi connectivity index (χ4v) is 4.26. The number of fused-ring (bicyclic) bond motifs is 1. The zero-order valence-electron chi connectivity index (χ0n) is 18.7. The zero-order chi connectivity index (χ0) is 24.3. The highest BCUT2D eigenvalue weighted by Crippen LogP contribution is 2.37. The molecule has 1 saturated heterocycles. The zero-order valence-corrected chi connectivity index (χ0v) is 19.5. The Morgan fingerprint density at radius 1 is 1.18 bits per heavy atom. The summed E-state index contributed by atoms with van der Waals surface area (Å²) in [6, 6.07) is 4.97. The van der Waals surface area contributed by atoms with Crippen molar-refractivity contribution in [2.24, 2.45) is 0 Å². The number of carbonyl (C=O) groups excluding carboxylic acids is 1. The molecule has 3 heterocycles. The highest BCUT2D eigenvalue weighted by molar-refractivity contribution is 6.18. The summed E-state index contributed by atoms with van der Waals surface area (Å²) in [5.74, 6) is 1.42. The Kier molecular flexibility index (Phi) is 7.25. The van der Waals surface area contributed by atoms with Crippen LogP contribution in [0.1, 0.15) is 37.6 Å². The number of aromatic nitrogens is 3. The number of anilines is 1. The molecule has 1 aromatic carbocycles. The number of nitrogens with zero attached hydrogens (tertiary/aromatic N) is 5. The van der Waals surface area contributed by atoms with E-state index in [0.29, 0.717) is 56.0 Å². The van der Waals surface area contributed by atoms with E-state index >= 15 is 0 Å². The molecule has 11 heteroatoms. The molecule has 1 fully saturated rings. The maximum absolute atomic E-state index is 13.3. The van der Waals surface area contributed by atoms with E-state index in [9.17, 15) is 18.0 Å². The van der Waals surface area contributed by atoms with Crippen LogP contribution < -0.4 is 4.90 Å².